The molecule has 1 aliphatic heterocycles. The molecule has 2 heterocycles. The Balaban J connectivity index is 2.12. The van der Waals surface area contributed by atoms with Gasteiger partial charge in [-0.3, -0.25) is 4.79 Å². The van der Waals surface area contributed by atoms with Gasteiger partial charge in [0.25, 0.3) is 5.91 Å². The molecule has 5 nitrogen and oxygen atoms in total. The molecule has 0 radical (unpaired) electrons. The molecule has 0 spiro atoms. The van der Waals surface area contributed by atoms with E-state index in [1.54, 1.807) is 12.1 Å². The molecule has 6 heteroatoms. The van der Waals surface area contributed by atoms with Gasteiger partial charge in [-0.15, -0.1) is 0 Å². The van der Waals surface area contributed by atoms with Gasteiger partial charge in [0.05, 0.1) is 16.8 Å². The summed E-state index contributed by atoms with van der Waals surface area (Å²) in [5.41, 5.74) is 1.03. The number of rotatable bonds is 1. The van der Waals surface area contributed by atoms with E-state index in [1.165, 1.54) is 24.0 Å². The van der Waals surface area contributed by atoms with E-state index in [-0.39, 0.29) is 11.5 Å². The number of carbonyl (C=O) groups is 2. The van der Waals surface area contributed by atoms with Crippen LogP contribution in [0.4, 0.5) is 5.69 Å². The molecule has 2 N–H and O–H groups in total. The second kappa shape index (κ2) is 4.40. The molecule has 2 aromatic rings. The Labute approximate surface area is 112 Å². The average Bonchev–Trinajstić information content (AvgIpc) is 2.54. The standard InChI is InChI=1S/C13H8N2O3S/c16-11-8-3-1-2-4-10(8)19-12-9(15-11)5-7(6-14-12)13(17)18/h1-6H,(H,15,16)(H,17,18). The topological polar surface area (TPSA) is 79.3 Å². The highest BCUT2D eigenvalue weighted by Gasteiger charge is 2.21. The molecule has 94 valence electrons. The minimum atomic E-state index is -1.07. The van der Waals surface area contributed by atoms with Crippen LogP contribution in [0, 0.1) is 0 Å². The van der Waals surface area contributed by atoms with E-state index in [4.69, 9.17) is 5.11 Å². The second-order valence-electron chi connectivity index (χ2n) is 3.93. The van der Waals surface area contributed by atoms with Crippen molar-refractivity contribution in [3.05, 3.63) is 47.7 Å². The van der Waals surface area contributed by atoms with Crippen LogP contribution in [-0.2, 0) is 0 Å². The number of aromatic nitrogens is 1. The second-order valence-corrected chi connectivity index (χ2v) is 4.96. The summed E-state index contributed by atoms with van der Waals surface area (Å²) in [6.45, 7) is 0. The van der Waals surface area contributed by atoms with Gasteiger partial charge >= 0.3 is 5.97 Å². The van der Waals surface area contributed by atoms with Crippen LogP contribution in [0.3, 0.4) is 0 Å². The molecule has 0 atom stereocenters. The molecular weight excluding hydrogens is 264 g/mol. The molecule has 19 heavy (non-hydrogen) atoms. The number of anilines is 1. The van der Waals surface area contributed by atoms with E-state index in [1.807, 2.05) is 12.1 Å². The van der Waals surface area contributed by atoms with Crippen LogP contribution in [0.2, 0.25) is 0 Å². The zero-order valence-corrected chi connectivity index (χ0v) is 10.4. The molecule has 1 aliphatic rings. The third-order valence-corrected chi connectivity index (χ3v) is 3.78. The Morgan fingerprint density at radius 3 is 2.89 bits per heavy atom. The predicted molar refractivity (Wildman–Crippen MR) is 69.7 cm³/mol. The lowest BCUT2D eigenvalue weighted by Gasteiger charge is -2.05. The third-order valence-electron chi connectivity index (χ3n) is 2.68. The normalized spacial score (nSPS) is 12.9. The van der Waals surface area contributed by atoms with Crippen molar-refractivity contribution in [2.75, 3.05) is 5.32 Å². The Bertz CT molecular complexity index is 700. The van der Waals surface area contributed by atoms with Crippen LogP contribution in [-0.4, -0.2) is 22.0 Å². The molecule has 0 fully saturated rings. The van der Waals surface area contributed by atoms with E-state index in [0.29, 0.717) is 16.3 Å². The predicted octanol–water partition coefficient (Wildman–Crippen LogP) is 2.50. The monoisotopic (exact) mass is 272 g/mol. The summed E-state index contributed by atoms with van der Waals surface area (Å²) < 4.78 is 0. The summed E-state index contributed by atoms with van der Waals surface area (Å²) in [7, 11) is 0. The Hall–Kier alpha value is -2.34. The van der Waals surface area contributed by atoms with Crippen LogP contribution in [0.15, 0.2) is 46.5 Å². The number of amides is 1. The summed E-state index contributed by atoms with van der Waals surface area (Å²) >= 11 is 1.34. The Morgan fingerprint density at radius 2 is 2.11 bits per heavy atom. The van der Waals surface area contributed by atoms with Gasteiger partial charge in [-0.2, -0.15) is 0 Å². The maximum atomic E-state index is 12.0. The Kier molecular flexibility index (Phi) is 2.72. The molecule has 0 saturated carbocycles. The first kappa shape index (κ1) is 11.7. The summed E-state index contributed by atoms with van der Waals surface area (Å²) in [5, 5.41) is 12.2. The van der Waals surface area contributed by atoms with Gasteiger partial charge in [-0.25, -0.2) is 9.78 Å². The molecule has 0 unspecified atom stereocenters. The number of hydrogen-bond acceptors (Lipinski definition) is 4. The van der Waals surface area contributed by atoms with Gasteiger partial charge in [-0.05, 0) is 18.2 Å². The van der Waals surface area contributed by atoms with Crippen molar-refractivity contribution in [3.8, 4) is 0 Å². The van der Waals surface area contributed by atoms with Crippen LogP contribution >= 0.6 is 11.8 Å². The van der Waals surface area contributed by atoms with Crippen molar-refractivity contribution in [1.29, 1.82) is 0 Å². The van der Waals surface area contributed by atoms with E-state index in [2.05, 4.69) is 10.3 Å². The maximum Gasteiger partial charge on any atom is 0.337 e. The number of benzene rings is 1. The lowest BCUT2D eigenvalue weighted by atomic mass is 10.2. The van der Waals surface area contributed by atoms with E-state index < -0.39 is 5.97 Å². The number of nitrogens with one attached hydrogen (secondary N) is 1. The van der Waals surface area contributed by atoms with Gasteiger partial charge < -0.3 is 10.4 Å². The van der Waals surface area contributed by atoms with Crippen molar-refractivity contribution in [2.24, 2.45) is 0 Å². The van der Waals surface area contributed by atoms with Gasteiger partial charge in [0, 0.05) is 11.1 Å². The minimum Gasteiger partial charge on any atom is -0.478 e. The van der Waals surface area contributed by atoms with Crippen LogP contribution < -0.4 is 5.32 Å². The van der Waals surface area contributed by atoms with Gasteiger partial charge in [0.1, 0.15) is 5.03 Å². The lowest BCUT2D eigenvalue weighted by molar-refractivity contribution is 0.0696. The molecule has 0 bridgehead atoms. The SMILES string of the molecule is O=C(O)c1cnc2c(c1)NC(=O)c1ccccc1S2. The summed E-state index contributed by atoms with van der Waals surface area (Å²) in [6, 6.07) is 8.60. The fraction of sp³-hybridized carbons (Fsp3) is 0. The highest BCUT2D eigenvalue weighted by atomic mass is 32.2. The number of carboxylic acids is 1. The first-order chi connectivity index (χ1) is 9.15. The number of aromatic carboxylic acids is 1. The van der Waals surface area contributed by atoms with E-state index in [9.17, 15) is 9.59 Å². The highest BCUT2D eigenvalue weighted by molar-refractivity contribution is 7.99. The molecule has 1 amide bonds. The number of fused-ring (bicyclic) bond motifs is 2. The maximum absolute atomic E-state index is 12.0. The summed E-state index contributed by atoms with van der Waals surface area (Å²) in [6.07, 6.45) is 1.29. The fourth-order valence-electron chi connectivity index (χ4n) is 1.78. The highest BCUT2D eigenvalue weighted by Crippen LogP contribution is 2.37. The smallest absolute Gasteiger partial charge is 0.337 e. The molecule has 1 aromatic carbocycles. The molecule has 3 rings (SSSR count). The number of pyridine rings is 1. The Morgan fingerprint density at radius 1 is 1.32 bits per heavy atom. The molecule has 0 aliphatic carbocycles. The van der Waals surface area contributed by atoms with Crippen LogP contribution in [0.5, 0.6) is 0 Å². The van der Waals surface area contributed by atoms with Gasteiger partial charge in [-0.1, -0.05) is 23.9 Å². The van der Waals surface area contributed by atoms with Crippen molar-refractivity contribution in [1.82, 2.24) is 4.98 Å². The van der Waals surface area contributed by atoms with Crippen LogP contribution in [0.1, 0.15) is 20.7 Å². The molecule has 0 saturated heterocycles. The number of nitrogens with zero attached hydrogens (tertiary/aromatic N) is 1. The zero-order chi connectivity index (χ0) is 13.4. The van der Waals surface area contributed by atoms with Crippen LogP contribution in [0.25, 0.3) is 0 Å². The van der Waals surface area contributed by atoms with E-state index in [0.717, 1.165) is 4.90 Å². The van der Waals surface area contributed by atoms with Crippen molar-refractivity contribution < 1.29 is 14.7 Å². The van der Waals surface area contributed by atoms with Gasteiger partial charge in [0.15, 0.2) is 0 Å². The third kappa shape index (κ3) is 2.06. The lowest BCUT2D eigenvalue weighted by Crippen LogP contribution is -2.12. The zero-order valence-electron chi connectivity index (χ0n) is 9.58. The molecular formula is C13H8N2O3S. The van der Waals surface area contributed by atoms with Crippen molar-refractivity contribution in [2.45, 2.75) is 9.92 Å². The largest absolute Gasteiger partial charge is 0.478 e. The fourth-order valence-corrected chi connectivity index (χ4v) is 2.73. The first-order valence-corrected chi connectivity index (χ1v) is 6.28. The van der Waals surface area contributed by atoms with Crippen molar-refractivity contribution >= 4 is 29.3 Å². The van der Waals surface area contributed by atoms with Crippen molar-refractivity contribution in [3.63, 3.8) is 0 Å². The quantitative estimate of drug-likeness (QED) is 0.833. The average molecular weight is 272 g/mol. The van der Waals surface area contributed by atoms with Gasteiger partial charge in [0.2, 0.25) is 0 Å². The minimum absolute atomic E-state index is 0.0469. The number of carbonyl (C=O) groups excluding carboxylic acids is 1. The summed E-state index contributed by atoms with van der Waals surface area (Å²) in [4.78, 5) is 27.9. The molecule has 1 aromatic heterocycles. The van der Waals surface area contributed by atoms with E-state index >= 15 is 0 Å². The first-order valence-electron chi connectivity index (χ1n) is 5.47. The number of carboxylic acid groups (broad SMARTS) is 1. The number of hydrogen-bond donors (Lipinski definition) is 2. The summed E-state index contributed by atoms with van der Waals surface area (Å²) in [5.74, 6) is -1.33.